The molecule has 2 aromatic carbocycles. The highest BCUT2D eigenvalue weighted by molar-refractivity contribution is 5.59. The van der Waals surface area contributed by atoms with E-state index in [1.807, 2.05) is 6.07 Å². The van der Waals surface area contributed by atoms with Gasteiger partial charge in [-0.05, 0) is 24.3 Å². The average Bonchev–Trinajstić information content (AvgIpc) is 2.30. The third kappa shape index (κ3) is 1.44. The minimum Gasteiger partial charge on any atom is -0.508 e. The minimum absolute atomic E-state index is 0.187. The molecule has 0 aliphatic carbocycles. The monoisotopic (exact) mass is 242 g/mol. The summed E-state index contributed by atoms with van der Waals surface area (Å²) in [7, 11) is 0. The number of phenolic OH excluding ortho intramolecular Hbond substituents is 2. The maximum atomic E-state index is 9.62. The molecule has 3 heteroatoms. The molecule has 3 nitrogen and oxygen atoms in total. The van der Waals surface area contributed by atoms with Crippen LogP contribution in [-0.4, -0.2) is 10.2 Å². The van der Waals surface area contributed by atoms with Crippen LogP contribution in [0, 0.1) is 0 Å². The zero-order valence-corrected chi connectivity index (χ0v) is 10.3. The molecule has 0 radical (unpaired) electrons. The second kappa shape index (κ2) is 3.42. The predicted octanol–water partition coefficient (Wildman–Crippen LogP) is 3.53. The molecule has 18 heavy (non-hydrogen) atoms. The van der Waals surface area contributed by atoms with E-state index in [4.69, 9.17) is 4.74 Å². The Morgan fingerprint density at radius 3 is 2.28 bits per heavy atom. The Morgan fingerprint density at radius 1 is 0.833 bits per heavy atom. The molecule has 0 fully saturated rings. The van der Waals surface area contributed by atoms with Crippen molar-refractivity contribution in [3.05, 3.63) is 47.5 Å². The summed E-state index contributed by atoms with van der Waals surface area (Å²) in [6.45, 7) is 4.15. The Kier molecular flexibility index (Phi) is 2.08. The first kappa shape index (κ1) is 11.0. The van der Waals surface area contributed by atoms with Gasteiger partial charge in [-0.25, -0.2) is 0 Å². The molecule has 3 rings (SSSR count). The van der Waals surface area contributed by atoms with Crippen molar-refractivity contribution in [2.75, 3.05) is 0 Å². The summed E-state index contributed by atoms with van der Waals surface area (Å²) in [4.78, 5) is 0. The van der Waals surface area contributed by atoms with Crippen molar-refractivity contribution in [3.8, 4) is 23.0 Å². The van der Waals surface area contributed by atoms with E-state index in [-0.39, 0.29) is 16.9 Å². The van der Waals surface area contributed by atoms with Gasteiger partial charge < -0.3 is 14.9 Å². The van der Waals surface area contributed by atoms with Gasteiger partial charge >= 0.3 is 0 Å². The van der Waals surface area contributed by atoms with Crippen LogP contribution in [0.4, 0.5) is 0 Å². The lowest BCUT2D eigenvalue weighted by Gasteiger charge is -2.34. The van der Waals surface area contributed by atoms with Crippen molar-refractivity contribution in [3.63, 3.8) is 0 Å². The molecule has 0 unspecified atom stereocenters. The summed E-state index contributed by atoms with van der Waals surface area (Å²) in [6, 6.07) is 10.2. The highest BCUT2D eigenvalue weighted by Gasteiger charge is 2.34. The van der Waals surface area contributed by atoms with Gasteiger partial charge in [0.25, 0.3) is 0 Å². The second-order valence-electron chi connectivity index (χ2n) is 5.09. The van der Waals surface area contributed by atoms with Gasteiger partial charge in [-0.1, -0.05) is 19.9 Å². The maximum Gasteiger partial charge on any atom is 0.135 e. The van der Waals surface area contributed by atoms with Gasteiger partial charge in [-0.15, -0.1) is 0 Å². The molecule has 0 spiro atoms. The van der Waals surface area contributed by atoms with Crippen molar-refractivity contribution in [1.82, 2.24) is 0 Å². The van der Waals surface area contributed by atoms with Crippen LogP contribution in [0.15, 0.2) is 36.4 Å². The first-order valence-electron chi connectivity index (χ1n) is 5.83. The van der Waals surface area contributed by atoms with E-state index in [1.165, 1.54) is 0 Å². The first-order chi connectivity index (χ1) is 8.48. The highest BCUT2D eigenvalue weighted by Crippen LogP contribution is 2.49. The summed E-state index contributed by atoms with van der Waals surface area (Å²) in [5.41, 5.74) is 1.68. The summed E-state index contributed by atoms with van der Waals surface area (Å²) >= 11 is 0. The molecule has 2 aromatic rings. The van der Waals surface area contributed by atoms with Crippen LogP contribution in [0.3, 0.4) is 0 Å². The Bertz CT molecular complexity index is 630. The number of aromatic hydroxyl groups is 2. The largest absolute Gasteiger partial charge is 0.508 e. The van der Waals surface area contributed by atoms with Crippen LogP contribution in [0.25, 0.3) is 0 Å². The van der Waals surface area contributed by atoms with E-state index in [1.54, 1.807) is 30.3 Å². The number of phenols is 2. The molecule has 2 N–H and O–H groups in total. The third-order valence-electron chi connectivity index (χ3n) is 3.49. The fourth-order valence-corrected chi connectivity index (χ4v) is 2.47. The predicted molar refractivity (Wildman–Crippen MR) is 68.4 cm³/mol. The Labute approximate surface area is 105 Å². The fraction of sp³-hybridized carbons (Fsp3) is 0.200. The molecule has 0 atom stereocenters. The zero-order chi connectivity index (χ0) is 12.9. The second-order valence-corrected chi connectivity index (χ2v) is 5.09. The van der Waals surface area contributed by atoms with Gasteiger partial charge in [0, 0.05) is 22.6 Å². The van der Waals surface area contributed by atoms with Crippen LogP contribution in [0.1, 0.15) is 25.0 Å². The Morgan fingerprint density at radius 2 is 1.50 bits per heavy atom. The van der Waals surface area contributed by atoms with Gasteiger partial charge in [0.15, 0.2) is 0 Å². The summed E-state index contributed by atoms with van der Waals surface area (Å²) < 4.78 is 5.78. The van der Waals surface area contributed by atoms with Gasteiger partial charge in [0.05, 0.1) is 0 Å². The van der Waals surface area contributed by atoms with E-state index in [2.05, 4.69) is 13.8 Å². The molecule has 0 aromatic heterocycles. The van der Waals surface area contributed by atoms with E-state index in [9.17, 15) is 10.2 Å². The molecule has 1 aliphatic heterocycles. The average molecular weight is 242 g/mol. The Hall–Kier alpha value is -2.16. The molecule has 92 valence electrons. The molecular formula is C15H14O3. The first-order valence-corrected chi connectivity index (χ1v) is 5.83. The topological polar surface area (TPSA) is 49.7 Å². The smallest absolute Gasteiger partial charge is 0.135 e. The van der Waals surface area contributed by atoms with Gasteiger partial charge in [0.1, 0.15) is 23.0 Å². The van der Waals surface area contributed by atoms with Crippen LogP contribution in [-0.2, 0) is 5.41 Å². The standard InChI is InChI=1S/C15H14O3/c1-15(2)11-5-3-10(17)8-14(11)18-13-6-4-9(16)7-12(13)15/h3-8,16-17H,1-2H3. The number of hydrogen-bond donors (Lipinski definition) is 2. The van der Waals surface area contributed by atoms with Crippen LogP contribution in [0.5, 0.6) is 23.0 Å². The number of benzene rings is 2. The summed E-state index contributed by atoms with van der Waals surface area (Å²) in [5.74, 6) is 1.80. The van der Waals surface area contributed by atoms with Gasteiger partial charge in [-0.2, -0.15) is 0 Å². The van der Waals surface area contributed by atoms with E-state index in [0.717, 1.165) is 16.9 Å². The van der Waals surface area contributed by atoms with Crippen molar-refractivity contribution in [1.29, 1.82) is 0 Å². The van der Waals surface area contributed by atoms with Crippen molar-refractivity contribution in [2.24, 2.45) is 0 Å². The summed E-state index contributed by atoms with van der Waals surface area (Å²) in [5, 5.41) is 19.1. The summed E-state index contributed by atoms with van der Waals surface area (Å²) in [6.07, 6.45) is 0. The maximum absolute atomic E-state index is 9.62. The van der Waals surface area contributed by atoms with Crippen molar-refractivity contribution >= 4 is 0 Å². The van der Waals surface area contributed by atoms with E-state index >= 15 is 0 Å². The van der Waals surface area contributed by atoms with Crippen LogP contribution in [0.2, 0.25) is 0 Å². The Balaban J connectivity index is 2.26. The number of rotatable bonds is 0. The van der Waals surface area contributed by atoms with Gasteiger partial charge in [0.2, 0.25) is 0 Å². The molecule has 0 saturated carbocycles. The van der Waals surface area contributed by atoms with Crippen LogP contribution >= 0.6 is 0 Å². The lowest BCUT2D eigenvalue weighted by molar-refractivity contribution is 0.404. The molecule has 0 bridgehead atoms. The van der Waals surface area contributed by atoms with Crippen molar-refractivity contribution < 1.29 is 14.9 Å². The van der Waals surface area contributed by atoms with E-state index in [0.29, 0.717) is 5.75 Å². The number of hydrogen-bond acceptors (Lipinski definition) is 3. The molecule has 0 saturated heterocycles. The third-order valence-corrected chi connectivity index (χ3v) is 3.49. The van der Waals surface area contributed by atoms with E-state index < -0.39 is 0 Å². The molecule has 0 amide bonds. The lowest BCUT2D eigenvalue weighted by Crippen LogP contribution is -2.24. The highest BCUT2D eigenvalue weighted by atomic mass is 16.5. The number of fused-ring (bicyclic) bond motifs is 2. The lowest BCUT2D eigenvalue weighted by atomic mass is 9.76. The zero-order valence-electron chi connectivity index (χ0n) is 10.3. The SMILES string of the molecule is CC1(C)c2ccc(O)cc2Oc2ccc(O)cc21. The van der Waals surface area contributed by atoms with Gasteiger partial charge in [-0.3, -0.25) is 0 Å². The number of ether oxygens (including phenoxy) is 1. The fourth-order valence-electron chi connectivity index (χ4n) is 2.47. The minimum atomic E-state index is -0.268. The normalized spacial score (nSPS) is 15.4. The van der Waals surface area contributed by atoms with Crippen molar-refractivity contribution in [2.45, 2.75) is 19.3 Å². The molecular weight excluding hydrogens is 228 g/mol. The van der Waals surface area contributed by atoms with Crippen LogP contribution < -0.4 is 4.74 Å². The quantitative estimate of drug-likeness (QED) is 0.743. The molecule has 1 aliphatic rings. The molecule has 1 heterocycles.